The second-order valence-electron chi connectivity index (χ2n) is 4.50. The van der Waals surface area contributed by atoms with E-state index in [1.807, 2.05) is 29.6 Å². The fourth-order valence-corrected chi connectivity index (χ4v) is 2.67. The fourth-order valence-electron chi connectivity index (χ4n) is 1.98. The smallest absolute Gasteiger partial charge is 0.267 e. The molecule has 0 saturated carbocycles. The zero-order valence-corrected chi connectivity index (χ0v) is 11.9. The molecule has 5 heteroatoms. The summed E-state index contributed by atoms with van der Waals surface area (Å²) in [6, 6.07) is 16.4. The Morgan fingerprint density at radius 2 is 1.95 bits per heavy atom. The lowest BCUT2D eigenvalue weighted by Gasteiger charge is -2.06. The Kier molecular flexibility index (Phi) is 3.63. The van der Waals surface area contributed by atoms with Gasteiger partial charge in [0.25, 0.3) is 5.56 Å². The summed E-state index contributed by atoms with van der Waals surface area (Å²) in [5, 5.41) is 15.2. The molecule has 0 aliphatic rings. The van der Waals surface area contributed by atoms with Crippen LogP contribution in [0.1, 0.15) is 11.1 Å². The molecular formula is C16H11N3OS. The first-order chi connectivity index (χ1) is 10.3. The maximum atomic E-state index is 11.9. The van der Waals surface area contributed by atoms with Gasteiger partial charge in [-0.3, -0.25) is 4.79 Å². The summed E-state index contributed by atoms with van der Waals surface area (Å²) >= 11 is 1.59. The molecule has 3 aromatic rings. The minimum atomic E-state index is -0.139. The highest BCUT2D eigenvalue weighted by Crippen LogP contribution is 2.21. The van der Waals surface area contributed by atoms with Crippen LogP contribution in [0.15, 0.2) is 58.7 Å². The van der Waals surface area contributed by atoms with Crippen LogP contribution in [0.5, 0.6) is 0 Å². The van der Waals surface area contributed by atoms with Crippen molar-refractivity contribution in [2.24, 2.45) is 0 Å². The van der Waals surface area contributed by atoms with Crippen molar-refractivity contribution >= 4 is 11.3 Å². The molecule has 0 fully saturated rings. The van der Waals surface area contributed by atoms with E-state index in [4.69, 9.17) is 5.26 Å². The van der Waals surface area contributed by atoms with Gasteiger partial charge in [0.2, 0.25) is 0 Å². The van der Waals surface area contributed by atoms with Gasteiger partial charge in [-0.2, -0.15) is 10.4 Å². The molecule has 0 unspecified atom stereocenters. The van der Waals surface area contributed by atoms with Crippen LogP contribution in [0.25, 0.3) is 10.6 Å². The summed E-state index contributed by atoms with van der Waals surface area (Å²) in [6.45, 7) is 0.393. The Morgan fingerprint density at radius 1 is 1.14 bits per heavy atom. The summed E-state index contributed by atoms with van der Waals surface area (Å²) in [5.74, 6) is 0. The first-order valence-corrected chi connectivity index (χ1v) is 7.25. The third-order valence-corrected chi connectivity index (χ3v) is 3.95. The van der Waals surface area contributed by atoms with Gasteiger partial charge in [-0.15, -0.1) is 11.3 Å². The zero-order chi connectivity index (χ0) is 14.7. The molecule has 0 saturated heterocycles. The molecule has 0 spiro atoms. The molecule has 0 aliphatic heterocycles. The Labute approximate surface area is 125 Å². The summed E-state index contributed by atoms with van der Waals surface area (Å²) in [7, 11) is 0. The quantitative estimate of drug-likeness (QED) is 0.746. The van der Waals surface area contributed by atoms with Crippen LogP contribution in [0.2, 0.25) is 0 Å². The predicted octanol–water partition coefficient (Wildman–Crippen LogP) is 2.89. The van der Waals surface area contributed by atoms with Gasteiger partial charge in [-0.25, -0.2) is 4.68 Å². The molecule has 4 nitrogen and oxygen atoms in total. The van der Waals surface area contributed by atoms with Crippen LogP contribution >= 0.6 is 11.3 Å². The fraction of sp³-hybridized carbons (Fsp3) is 0.0625. The zero-order valence-electron chi connectivity index (χ0n) is 11.1. The van der Waals surface area contributed by atoms with Crippen molar-refractivity contribution in [1.82, 2.24) is 9.78 Å². The highest BCUT2D eigenvalue weighted by Gasteiger charge is 2.05. The van der Waals surface area contributed by atoms with E-state index in [1.165, 1.54) is 10.7 Å². The van der Waals surface area contributed by atoms with Gasteiger partial charge >= 0.3 is 0 Å². The number of nitriles is 1. The molecule has 0 bridgehead atoms. The van der Waals surface area contributed by atoms with E-state index in [2.05, 4.69) is 11.2 Å². The second-order valence-corrected chi connectivity index (χ2v) is 5.45. The lowest BCUT2D eigenvalue weighted by atomic mass is 10.1. The maximum absolute atomic E-state index is 11.9. The van der Waals surface area contributed by atoms with E-state index in [0.29, 0.717) is 12.1 Å². The predicted molar refractivity (Wildman–Crippen MR) is 82.1 cm³/mol. The highest BCUT2D eigenvalue weighted by atomic mass is 32.1. The summed E-state index contributed by atoms with van der Waals surface area (Å²) in [6.07, 6.45) is 0. The monoisotopic (exact) mass is 293 g/mol. The number of benzene rings is 1. The molecule has 1 aromatic carbocycles. The first kappa shape index (κ1) is 13.3. The van der Waals surface area contributed by atoms with Gasteiger partial charge in [-0.1, -0.05) is 18.2 Å². The Hall–Kier alpha value is -2.71. The molecule has 3 rings (SSSR count). The number of hydrogen-bond donors (Lipinski definition) is 0. The second kappa shape index (κ2) is 5.73. The highest BCUT2D eigenvalue weighted by molar-refractivity contribution is 7.13. The van der Waals surface area contributed by atoms with Gasteiger partial charge in [0.15, 0.2) is 0 Å². The van der Waals surface area contributed by atoms with Crippen molar-refractivity contribution in [3.8, 4) is 16.6 Å². The van der Waals surface area contributed by atoms with Gasteiger partial charge in [0, 0.05) is 6.07 Å². The Bertz CT molecular complexity index is 842. The molecule has 0 amide bonds. The average molecular weight is 293 g/mol. The standard InChI is InChI=1S/C16H11N3OS/c17-10-12-3-5-13(6-4-12)11-19-16(20)8-7-14(18-19)15-2-1-9-21-15/h1-9H,11H2. The van der Waals surface area contributed by atoms with Gasteiger partial charge in [0.05, 0.1) is 23.1 Å². The van der Waals surface area contributed by atoms with E-state index < -0.39 is 0 Å². The van der Waals surface area contributed by atoms with Crippen LogP contribution in [0.3, 0.4) is 0 Å². The largest absolute Gasteiger partial charge is 0.268 e. The molecule has 0 radical (unpaired) electrons. The van der Waals surface area contributed by atoms with Crippen LogP contribution in [-0.4, -0.2) is 9.78 Å². The van der Waals surface area contributed by atoms with E-state index in [-0.39, 0.29) is 5.56 Å². The maximum Gasteiger partial charge on any atom is 0.267 e. The molecule has 102 valence electrons. The number of thiophene rings is 1. The minimum absolute atomic E-state index is 0.139. The Morgan fingerprint density at radius 3 is 2.62 bits per heavy atom. The van der Waals surface area contributed by atoms with Crippen LogP contribution in [0, 0.1) is 11.3 Å². The number of nitrogens with zero attached hydrogens (tertiary/aromatic N) is 3. The molecule has 0 N–H and O–H groups in total. The summed E-state index contributed by atoms with van der Waals surface area (Å²) in [4.78, 5) is 13.0. The van der Waals surface area contributed by atoms with Crippen LogP contribution < -0.4 is 5.56 Å². The van der Waals surface area contributed by atoms with Crippen molar-refractivity contribution in [3.05, 3.63) is 75.4 Å². The first-order valence-electron chi connectivity index (χ1n) is 6.37. The lowest BCUT2D eigenvalue weighted by molar-refractivity contribution is 0.643. The molecule has 0 aliphatic carbocycles. The van der Waals surface area contributed by atoms with Crippen molar-refractivity contribution in [2.45, 2.75) is 6.54 Å². The number of rotatable bonds is 3. The van der Waals surface area contributed by atoms with Gasteiger partial charge < -0.3 is 0 Å². The molecule has 2 heterocycles. The van der Waals surface area contributed by atoms with Crippen molar-refractivity contribution in [2.75, 3.05) is 0 Å². The van der Waals surface area contributed by atoms with Crippen molar-refractivity contribution in [3.63, 3.8) is 0 Å². The topological polar surface area (TPSA) is 58.7 Å². The van der Waals surface area contributed by atoms with Gasteiger partial charge in [-0.05, 0) is 35.2 Å². The van der Waals surface area contributed by atoms with E-state index in [9.17, 15) is 4.79 Å². The minimum Gasteiger partial charge on any atom is -0.268 e. The van der Waals surface area contributed by atoms with Crippen molar-refractivity contribution in [1.29, 1.82) is 5.26 Å². The molecular weight excluding hydrogens is 282 g/mol. The van der Waals surface area contributed by atoms with Crippen LogP contribution in [0.4, 0.5) is 0 Å². The third-order valence-electron chi connectivity index (χ3n) is 3.06. The third kappa shape index (κ3) is 2.91. The van der Waals surface area contributed by atoms with E-state index >= 15 is 0 Å². The summed E-state index contributed by atoms with van der Waals surface area (Å²) < 4.78 is 1.44. The van der Waals surface area contributed by atoms with Crippen molar-refractivity contribution < 1.29 is 0 Å². The van der Waals surface area contributed by atoms with Crippen LogP contribution in [-0.2, 0) is 6.54 Å². The average Bonchev–Trinajstić information content (AvgIpc) is 3.04. The normalized spacial score (nSPS) is 10.2. The molecule has 21 heavy (non-hydrogen) atoms. The summed E-state index contributed by atoms with van der Waals surface area (Å²) in [5.41, 5.74) is 2.19. The molecule has 0 atom stereocenters. The SMILES string of the molecule is N#Cc1ccc(Cn2nc(-c3cccs3)ccc2=O)cc1. The number of hydrogen-bond acceptors (Lipinski definition) is 4. The van der Waals surface area contributed by atoms with E-state index in [1.54, 1.807) is 29.5 Å². The Balaban J connectivity index is 1.92. The van der Waals surface area contributed by atoms with E-state index in [0.717, 1.165) is 16.1 Å². The number of aromatic nitrogens is 2. The molecule has 2 aromatic heterocycles. The van der Waals surface area contributed by atoms with Gasteiger partial charge in [0.1, 0.15) is 5.69 Å². The lowest BCUT2D eigenvalue weighted by Crippen LogP contribution is -2.22.